The standard InChI is InChI=1S/C29H34ClN3O5S/c1-5-21(2)31-29(35)22(3)32(19-23-14-16-26(38-4)17-15-23)28(34)20-33(25-11-9-10-24(30)18-25)39(36,37)27-12-7-6-8-13-27/h6-18,21-22H,5,19-20H2,1-4H3,(H,31,35)/t21-,22+/m1/s1. The van der Waals surface area contributed by atoms with Crippen LogP contribution in [0.2, 0.25) is 5.02 Å². The van der Waals surface area contributed by atoms with Gasteiger partial charge in [-0.05, 0) is 68.3 Å². The number of anilines is 1. The number of sulfonamides is 1. The number of nitrogens with zero attached hydrogens (tertiary/aromatic N) is 2. The van der Waals surface area contributed by atoms with Crippen LogP contribution in [0.25, 0.3) is 0 Å². The van der Waals surface area contributed by atoms with Crippen molar-refractivity contribution in [2.24, 2.45) is 0 Å². The number of hydrogen-bond donors (Lipinski definition) is 1. The molecular weight excluding hydrogens is 538 g/mol. The number of carbonyl (C=O) groups excluding carboxylic acids is 2. The van der Waals surface area contributed by atoms with Gasteiger partial charge in [0.05, 0.1) is 17.7 Å². The molecule has 0 aliphatic rings. The first kappa shape index (κ1) is 30.0. The van der Waals surface area contributed by atoms with Crippen molar-refractivity contribution in [1.82, 2.24) is 10.2 Å². The summed E-state index contributed by atoms with van der Waals surface area (Å²) < 4.78 is 33.7. The number of carbonyl (C=O) groups is 2. The van der Waals surface area contributed by atoms with Crippen molar-refractivity contribution in [3.63, 3.8) is 0 Å². The summed E-state index contributed by atoms with van der Waals surface area (Å²) in [5.41, 5.74) is 0.994. The summed E-state index contributed by atoms with van der Waals surface area (Å²) in [6.07, 6.45) is 0.725. The van der Waals surface area contributed by atoms with Gasteiger partial charge in [-0.25, -0.2) is 8.42 Å². The van der Waals surface area contributed by atoms with E-state index in [9.17, 15) is 18.0 Å². The molecule has 0 unspecified atom stereocenters. The molecule has 0 bridgehead atoms. The fourth-order valence-corrected chi connectivity index (χ4v) is 5.47. The molecule has 0 radical (unpaired) electrons. The maximum absolute atomic E-state index is 13.9. The maximum Gasteiger partial charge on any atom is 0.264 e. The van der Waals surface area contributed by atoms with Crippen LogP contribution >= 0.6 is 11.6 Å². The summed E-state index contributed by atoms with van der Waals surface area (Å²) in [6, 6.07) is 20.4. The van der Waals surface area contributed by atoms with Gasteiger partial charge in [-0.1, -0.05) is 54.9 Å². The monoisotopic (exact) mass is 571 g/mol. The lowest BCUT2D eigenvalue weighted by Gasteiger charge is -2.32. The van der Waals surface area contributed by atoms with Gasteiger partial charge in [0.1, 0.15) is 18.3 Å². The van der Waals surface area contributed by atoms with Gasteiger partial charge < -0.3 is 15.0 Å². The van der Waals surface area contributed by atoms with Gasteiger partial charge in [0.2, 0.25) is 11.8 Å². The third-order valence-electron chi connectivity index (χ3n) is 6.39. The quantitative estimate of drug-likeness (QED) is 0.334. The van der Waals surface area contributed by atoms with Crippen molar-refractivity contribution >= 4 is 39.1 Å². The van der Waals surface area contributed by atoms with Gasteiger partial charge in [-0.15, -0.1) is 0 Å². The van der Waals surface area contributed by atoms with Crippen molar-refractivity contribution in [1.29, 1.82) is 0 Å². The van der Waals surface area contributed by atoms with Gasteiger partial charge in [0.15, 0.2) is 0 Å². The van der Waals surface area contributed by atoms with E-state index in [1.54, 1.807) is 74.7 Å². The molecule has 0 spiro atoms. The van der Waals surface area contributed by atoms with Gasteiger partial charge in [-0.3, -0.25) is 13.9 Å². The van der Waals surface area contributed by atoms with Crippen LogP contribution in [0.15, 0.2) is 83.8 Å². The number of amides is 2. The summed E-state index contributed by atoms with van der Waals surface area (Å²) >= 11 is 6.19. The zero-order valence-electron chi connectivity index (χ0n) is 22.5. The first-order valence-corrected chi connectivity index (χ1v) is 14.4. The van der Waals surface area contributed by atoms with E-state index in [0.717, 1.165) is 16.3 Å². The van der Waals surface area contributed by atoms with Crippen LogP contribution in [0.3, 0.4) is 0 Å². The molecule has 2 amide bonds. The average molecular weight is 572 g/mol. The molecule has 8 nitrogen and oxygen atoms in total. The molecule has 0 aliphatic heterocycles. The van der Waals surface area contributed by atoms with Gasteiger partial charge in [-0.2, -0.15) is 0 Å². The van der Waals surface area contributed by atoms with Crippen LogP contribution in [0.5, 0.6) is 5.75 Å². The fourth-order valence-electron chi connectivity index (χ4n) is 3.86. The SMILES string of the molecule is CC[C@@H](C)NC(=O)[C@H](C)N(Cc1ccc(OC)cc1)C(=O)CN(c1cccc(Cl)c1)S(=O)(=O)c1ccccc1. The summed E-state index contributed by atoms with van der Waals surface area (Å²) in [6.45, 7) is 5.02. The van der Waals surface area contributed by atoms with Crippen LogP contribution in [-0.2, 0) is 26.2 Å². The molecule has 3 rings (SSSR count). The average Bonchev–Trinajstić information content (AvgIpc) is 2.94. The second kappa shape index (κ2) is 13.5. The zero-order chi connectivity index (χ0) is 28.6. The van der Waals surface area contributed by atoms with E-state index in [2.05, 4.69) is 5.32 Å². The summed E-state index contributed by atoms with van der Waals surface area (Å²) in [5, 5.41) is 3.24. The number of halogens is 1. The van der Waals surface area contributed by atoms with Gasteiger partial charge in [0, 0.05) is 17.6 Å². The van der Waals surface area contributed by atoms with E-state index in [1.165, 1.54) is 23.1 Å². The fraction of sp³-hybridized carbons (Fsp3) is 0.310. The van der Waals surface area contributed by atoms with Crippen molar-refractivity contribution in [2.45, 2.75) is 50.7 Å². The molecule has 208 valence electrons. The summed E-state index contributed by atoms with van der Waals surface area (Å²) in [5.74, 6) is -0.219. The normalized spacial score (nSPS) is 12.7. The predicted octanol–water partition coefficient (Wildman–Crippen LogP) is 4.88. The van der Waals surface area contributed by atoms with Crippen molar-refractivity contribution in [2.75, 3.05) is 18.0 Å². The molecule has 0 aliphatic carbocycles. The van der Waals surface area contributed by atoms with Crippen molar-refractivity contribution in [3.05, 3.63) is 89.4 Å². The molecule has 0 fully saturated rings. The number of hydrogen-bond acceptors (Lipinski definition) is 5. The van der Waals surface area contributed by atoms with Crippen LogP contribution < -0.4 is 14.4 Å². The van der Waals surface area contributed by atoms with Crippen molar-refractivity contribution < 1.29 is 22.7 Å². The van der Waals surface area contributed by atoms with Gasteiger partial charge >= 0.3 is 0 Å². The minimum atomic E-state index is -4.14. The molecule has 0 aromatic heterocycles. The lowest BCUT2D eigenvalue weighted by atomic mass is 10.1. The summed E-state index contributed by atoms with van der Waals surface area (Å²) in [7, 11) is -2.58. The van der Waals surface area contributed by atoms with Crippen LogP contribution in [0, 0.1) is 0 Å². The van der Waals surface area contributed by atoms with Crippen LogP contribution in [0.4, 0.5) is 5.69 Å². The molecule has 0 heterocycles. The Morgan fingerprint density at radius 2 is 1.64 bits per heavy atom. The smallest absolute Gasteiger partial charge is 0.264 e. The molecule has 0 saturated heterocycles. The highest BCUT2D eigenvalue weighted by atomic mass is 35.5. The molecule has 2 atom stereocenters. The molecule has 10 heteroatoms. The highest BCUT2D eigenvalue weighted by Crippen LogP contribution is 2.27. The van der Waals surface area contributed by atoms with Crippen molar-refractivity contribution in [3.8, 4) is 5.75 Å². The molecule has 0 saturated carbocycles. The lowest BCUT2D eigenvalue weighted by molar-refractivity contribution is -0.139. The highest BCUT2D eigenvalue weighted by Gasteiger charge is 2.32. The van der Waals surface area contributed by atoms with Crippen LogP contribution in [0.1, 0.15) is 32.8 Å². The zero-order valence-corrected chi connectivity index (χ0v) is 24.1. The number of benzene rings is 3. The largest absolute Gasteiger partial charge is 0.497 e. The first-order valence-electron chi connectivity index (χ1n) is 12.6. The van der Waals surface area contributed by atoms with E-state index >= 15 is 0 Å². The summed E-state index contributed by atoms with van der Waals surface area (Å²) in [4.78, 5) is 28.4. The topological polar surface area (TPSA) is 96.0 Å². The molecular formula is C29H34ClN3O5S. The third kappa shape index (κ3) is 7.74. The lowest BCUT2D eigenvalue weighted by Crippen LogP contribution is -2.52. The van der Waals surface area contributed by atoms with E-state index in [-0.39, 0.29) is 29.1 Å². The Labute approximate surface area is 235 Å². The number of nitrogens with one attached hydrogen (secondary N) is 1. The Bertz CT molecular complexity index is 1370. The Balaban J connectivity index is 2.01. The molecule has 1 N–H and O–H groups in total. The van der Waals surface area contributed by atoms with Gasteiger partial charge in [0.25, 0.3) is 10.0 Å². The Kier molecular flexibility index (Phi) is 10.4. The minimum Gasteiger partial charge on any atom is -0.497 e. The highest BCUT2D eigenvalue weighted by molar-refractivity contribution is 7.92. The van der Waals surface area contributed by atoms with E-state index in [4.69, 9.17) is 16.3 Å². The number of methoxy groups -OCH3 is 1. The molecule has 3 aromatic rings. The third-order valence-corrected chi connectivity index (χ3v) is 8.41. The predicted molar refractivity (Wildman–Crippen MR) is 153 cm³/mol. The number of ether oxygens (including phenoxy) is 1. The maximum atomic E-state index is 13.9. The second-order valence-electron chi connectivity index (χ2n) is 9.17. The number of rotatable bonds is 12. The van der Waals surface area contributed by atoms with E-state index in [0.29, 0.717) is 10.8 Å². The Morgan fingerprint density at radius 1 is 0.974 bits per heavy atom. The Hall–Kier alpha value is -3.56. The van der Waals surface area contributed by atoms with E-state index in [1.807, 2.05) is 13.8 Å². The first-order chi connectivity index (χ1) is 18.6. The van der Waals surface area contributed by atoms with Crippen LogP contribution in [-0.4, -0.2) is 50.9 Å². The molecule has 39 heavy (non-hydrogen) atoms. The second-order valence-corrected chi connectivity index (χ2v) is 11.5. The molecule has 3 aromatic carbocycles. The minimum absolute atomic E-state index is 0.0297. The van der Waals surface area contributed by atoms with E-state index < -0.39 is 28.5 Å². The Morgan fingerprint density at radius 3 is 2.23 bits per heavy atom.